The molecule has 2 atom stereocenters. The molecule has 1 amide bonds. The van der Waals surface area contributed by atoms with Crippen LogP contribution in [0.25, 0.3) is 0 Å². The molecule has 1 N–H and O–H groups in total. The lowest BCUT2D eigenvalue weighted by Gasteiger charge is -2.29. The van der Waals surface area contributed by atoms with Crippen molar-refractivity contribution in [3.8, 4) is 17.2 Å². The van der Waals surface area contributed by atoms with Crippen LogP contribution in [-0.2, 0) is 14.8 Å². The van der Waals surface area contributed by atoms with Crippen molar-refractivity contribution >= 4 is 21.6 Å². The molecule has 0 bridgehead atoms. The van der Waals surface area contributed by atoms with Crippen LogP contribution in [0.15, 0.2) is 42.5 Å². The molecule has 0 spiro atoms. The molecule has 0 saturated heterocycles. The van der Waals surface area contributed by atoms with Gasteiger partial charge in [-0.25, -0.2) is 8.42 Å². The molecule has 1 heterocycles. The molecule has 0 radical (unpaired) electrons. The number of fused-ring (bicyclic) bond motifs is 1. The van der Waals surface area contributed by atoms with Crippen LogP contribution in [0.5, 0.6) is 17.2 Å². The zero-order valence-corrected chi connectivity index (χ0v) is 18.9. The third-order valence-electron chi connectivity index (χ3n) is 4.92. The first-order valence-corrected chi connectivity index (χ1v) is 12.0. The van der Waals surface area contributed by atoms with Gasteiger partial charge in [-0.3, -0.25) is 9.10 Å². The van der Waals surface area contributed by atoms with Gasteiger partial charge in [0.25, 0.3) is 0 Å². The summed E-state index contributed by atoms with van der Waals surface area (Å²) in [7, 11) is -3.70. The molecule has 0 aliphatic carbocycles. The fourth-order valence-electron chi connectivity index (χ4n) is 3.41. The lowest BCUT2D eigenvalue weighted by Crippen LogP contribution is -2.48. The topological polar surface area (TPSA) is 94.2 Å². The molecule has 31 heavy (non-hydrogen) atoms. The predicted octanol–water partition coefficient (Wildman–Crippen LogP) is 2.89. The van der Waals surface area contributed by atoms with Crippen molar-refractivity contribution in [1.82, 2.24) is 5.32 Å². The van der Waals surface area contributed by atoms with Crippen LogP contribution in [-0.4, -0.2) is 46.4 Å². The van der Waals surface area contributed by atoms with Gasteiger partial charge in [0.1, 0.15) is 25.0 Å². The van der Waals surface area contributed by atoms with E-state index in [9.17, 15) is 13.2 Å². The van der Waals surface area contributed by atoms with Crippen molar-refractivity contribution in [2.24, 2.45) is 0 Å². The van der Waals surface area contributed by atoms with Crippen molar-refractivity contribution in [2.75, 3.05) is 30.4 Å². The normalized spacial score (nSPS) is 15.0. The van der Waals surface area contributed by atoms with Crippen molar-refractivity contribution in [3.05, 3.63) is 48.0 Å². The van der Waals surface area contributed by atoms with Gasteiger partial charge >= 0.3 is 0 Å². The van der Waals surface area contributed by atoms with Crippen LogP contribution in [0.3, 0.4) is 0 Å². The van der Waals surface area contributed by atoms with Crippen molar-refractivity contribution in [3.63, 3.8) is 0 Å². The number of rotatable bonds is 8. The van der Waals surface area contributed by atoms with Gasteiger partial charge in [0.05, 0.1) is 24.6 Å². The quantitative estimate of drug-likeness (QED) is 0.667. The smallest absolute Gasteiger partial charge is 0.244 e. The van der Waals surface area contributed by atoms with Crippen LogP contribution in [0, 0.1) is 0 Å². The number of amides is 1. The molecular formula is C22H28N2O6S. The number of nitrogens with one attached hydrogen (secondary N) is 1. The van der Waals surface area contributed by atoms with Gasteiger partial charge in [0.15, 0.2) is 11.5 Å². The van der Waals surface area contributed by atoms with Crippen molar-refractivity contribution in [2.45, 2.75) is 32.9 Å². The SMILES string of the molecule is CCOc1ccc(N([C@@H](C)C(=O)N[C@H](C)c2ccc3c(c2)OCCO3)S(C)(=O)=O)cc1. The lowest BCUT2D eigenvalue weighted by atomic mass is 10.1. The fourth-order valence-corrected chi connectivity index (χ4v) is 4.59. The van der Waals surface area contributed by atoms with Gasteiger partial charge < -0.3 is 19.5 Å². The Bertz CT molecular complexity index is 1020. The second-order valence-electron chi connectivity index (χ2n) is 7.30. The highest BCUT2D eigenvalue weighted by atomic mass is 32.2. The first kappa shape index (κ1) is 22.7. The average Bonchev–Trinajstić information content (AvgIpc) is 2.74. The summed E-state index contributed by atoms with van der Waals surface area (Å²) in [5.41, 5.74) is 1.22. The fraction of sp³-hybridized carbons (Fsp3) is 0.409. The molecule has 2 aromatic carbocycles. The zero-order valence-electron chi connectivity index (χ0n) is 18.1. The molecule has 168 valence electrons. The Morgan fingerprint density at radius 3 is 2.35 bits per heavy atom. The van der Waals surface area contributed by atoms with E-state index in [1.54, 1.807) is 37.3 Å². The van der Waals surface area contributed by atoms with E-state index < -0.39 is 22.0 Å². The molecule has 3 rings (SSSR count). The van der Waals surface area contributed by atoms with Crippen molar-refractivity contribution in [1.29, 1.82) is 0 Å². The molecule has 1 aliphatic heterocycles. The van der Waals surface area contributed by atoms with E-state index >= 15 is 0 Å². The summed E-state index contributed by atoms with van der Waals surface area (Å²) in [5, 5.41) is 2.89. The largest absolute Gasteiger partial charge is 0.494 e. The third-order valence-corrected chi connectivity index (χ3v) is 6.16. The second-order valence-corrected chi connectivity index (χ2v) is 9.15. The third kappa shape index (κ3) is 5.41. The predicted molar refractivity (Wildman–Crippen MR) is 118 cm³/mol. The standard InChI is InChI=1S/C22H28N2O6S/c1-5-28-19-9-7-18(8-10-19)24(31(4,26)27)16(3)22(25)23-15(2)17-6-11-20-21(14-17)30-13-12-29-20/h6-11,14-16H,5,12-13H2,1-4H3,(H,23,25)/t15-,16+/m1/s1. The maximum atomic E-state index is 12.9. The van der Waals surface area contributed by atoms with E-state index in [2.05, 4.69) is 5.32 Å². The van der Waals surface area contributed by atoms with E-state index in [1.807, 2.05) is 26.0 Å². The van der Waals surface area contributed by atoms with E-state index in [0.717, 1.165) is 16.1 Å². The molecular weight excluding hydrogens is 420 g/mol. The van der Waals surface area contributed by atoms with Crippen LogP contribution in [0.2, 0.25) is 0 Å². The minimum absolute atomic E-state index is 0.354. The van der Waals surface area contributed by atoms with E-state index in [4.69, 9.17) is 14.2 Å². The summed E-state index contributed by atoms with van der Waals surface area (Å²) in [6.07, 6.45) is 1.08. The number of benzene rings is 2. The molecule has 0 aromatic heterocycles. The molecule has 8 nitrogen and oxygen atoms in total. The Hall–Kier alpha value is -2.94. The Morgan fingerprint density at radius 1 is 1.10 bits per heavy atom. The summed E-state index contributed by atoms with van der Waals surface area (Å²) < 4.78 is 42.6. The Balaban J connectivity index is 1.76. The molecule has 1 aliphatic rings. The zero-order chi connectivity index (χ0) is 22.6. The minimum Gasteiger partial charge on any atom is -0.494 e. The van der Waals surface area contributed by atoms with E-state index in [0.29, 0.717) is 42.8 Å². The molecule has 9 heteroatoms. The van der Waals surface area contributed by atoms with Crippen LogP contribution < -0.4 is 23.8 Å². The highest BCUT2D eigenvalue weighted by Crippen LogP contribution is 2.32. The monoisotopic (exact) mass is 448 g/mol. The van der Waals surface area contributed by atoms with Gasteiger partial charge in [0.2, 0.25) is 15.9 Å². The Labute approximate surface area is 183 Å². The number of anilines is 1. The number of carbonyl (C=O) groups is 1. The minimum atomic E-state index is -3.70. The Kier molecular flexibility index (Phi) is 6.94. The van der Waals surface area contributed by atoms with Gasteiger partial charge in [-0.15, -0.1) is 0 Å². The number of nitrogens with zero attached hydrogens (tertiary/aromatic N) is 1. The maximum Gasteiger partial charge on any atom is 0.244 e. The first-order valence-electron chi connectivity index (χ1n) is 10.1. The summed E-state index contributed by atoms with van der Waals surface area (Å²) in [6.45, 7) is 6.74. The number of hydrogen-bond donors (Lipinski definition) is 1. The molecule has 0 fully saturated rings. The van der Waals surface area contributed by atoms with Gasteiger partial charge in [-0.2, -0.15) is 0 Å². The highest BCUT2D eigenvalue weighted by molar-refractivity contribution is 7.92. The molecule has 0 saturated carbocycles. The van der Waals surface area contributed by atoms with Crippen molar-refractivity contribution < 1.29 is 27.4 Å². The average molecular weight is 449 g/mol. The highest BCUT2D eigenvalue weighted by Gasteiger charge is 2.30. The summed E-state index contributed by atoms with van der Waals surface area (Å²) >= 11 is 0. The van der Waals surface area contributed by atoms with Gasteiger partial charge in [-0.05, 0) is 62.7 Å². The summed E-state index contributed by atoms with van der Waals surface area (Å²) in [4.78, 5) is 12.9. The number of ether oxygens (including phenoxy) is 3. The number of sulfonamides is 1. The van der Waals surface area contributed by atoms with Crippen LogP contribution in [0.4, 0.5) is 5.69 Å². The number of hydrogen-bond acceptors (Lipinski definition) is 6. The summed E-state index contributed by atoms with van der Waals surface area (Å²) in [6, 6.07) is 10.8. The van der Waals surface area contributed by atoms with Crippen LogP contribution in [0.1, 0.15) is 32.4 Å². The number of carbonyl (C=O) groups excluding carboxylic acids is 1. The lowest BCUT2D eigenvalue weighted by molar-refractivity contribution is -0.122. The second kappa shape index (κ2) is 9.47. The molecule has 0 unspecified atom stereocenters. The van der Waals surface area contributed by atoms with E-state index in [-0.39, 0.29) is 6.04 Å². The summed E-state index contributed by atoms with van der Waals surface area (Å²) in [5.74, 6) is 1.51. The van der Waals surface area contributed by atoms with Crippen LogP contribution >= 0.6 is 0 Å². The van der Waals surface area contributed by atoms with E-state index in [1.165, 1.54) is 0 Å². The molecule has 2 aromatic rings. The Morgan fingerprint density at radius 2 is 1.74 bits per heavy atom. The first-order chi connectivity index (χ1) is 14.7. The maximum absolute atomic E-state index is 12.9. The van der Waals surface area contributed by atoms with Gasteiger partial charge in [0, 0.05) is 0 Å². The van der Waals surface area contributed by atoms with Gasteiger partial charge in [-0.1, -0.05) is 6.07 Å².